The smallest absolute Gasteiger partial charge is 0.407 e. The summed E-state index contributed by atoms with van der Waals surface area (Å²) < 4.78 is 5.06. The fourth-order valence-electron chi connectivity index (χ4n) is 1.30. The third-order valence-corrected chi connectivity index (χ3v) is 2.00. The zero-order valence-corrected chi connectivity index (χ0v) is 10.6. The molecule has 0 spiro atoms. The van der Waals surface area contributed by atoms with Gasteiger partial charge in [0.1, 0.15) is 5.60 Å². The molecule has 1 amide bonds. The second-order valence-corrected chi connectivity index (χ2v) is 4.84. The molecule has 0 fully saturated rings. The molecule has 0 aromatic heterocycles. The third-order valence-electron chi connectivity index (χ3n) is 2.00. The van der Waals surface area contributed by atoms with Crippen LogP contribution in [0.1, 0.15) is 36.7 Å². The lowest BCUT2D eigenvalue weighted by Gasteiger charge is -2.19. The minimum absolute atomic E-state index is 0.0819. The predicted octanol–water partition coefficient (Wildman–Crippen LogP) is 1.07. The lowest BCUT2D eigenvalue weighted by atomic mass is 10.1. The summed E-state index contributed by atoms with van der Waals surface area (Å²) in [6, 6.07) is 6.19. The van der Waals surface area contributed by atoms with Gasteiger partial charge in [-0.3, -0.25) is 0 Å². The van der Waals surface area contributed by atoms with Crippen LogP contribution in [0.25, 0.3) is 0 Å². The molecule has 0 aliphatic heterocycles. The van der Waals surface area contributed by atoms with E-state index in [1.165, 1.54) is 12.1 Å². The van der Waals surface area contributed by atoms with Crippen LogP contribution < -0.4 is 10.4 Å². The van der Waals surface area contributed by atoms with Crippen molar-refractivity contribution in [2.75, 3.05) is 0 Å². The van der Waals surface area contributed by atoms with Crippen molar-refractivity contribution in [1.82, 2.24) is 5.32 Å². The van der Waals surface area contributed by atoms with E-state index in [0.29, 0.717) is 5.56 Å². The van der Waals surface area contributed by atoms with Gasteiger partial charge < -0.3 is 20.0 Å². The first-order chi connectivity index (χ1) is 8.28. The van der Waals surface area contributed by atoms with Crippen LogP contribution in [0.3, 0.4) is 0 Å². The summed E-state index contributed by atoms with van der Waals surface area (Å²) in [6.45, 7) is 5.51. The van der Waals surface area contributed by atoms with E-state index in [1.54, 1.807) is 32.9 Å². The van der Waals surface area contributed by atoms with Crippen molar-refractivity contribution in [1.29, 1.82) is 0 Å². The number of hydrogen-bond acceptors (Lipinski definition) is 4. The predicted molar refractivity (Wildman–Crippen MR) is 63.8 cm³/mol. The molecule has 18 heavy (non-hydrogen) atoms. The molecule has 0 aliphatic rings. The van der Waals surface area contributed by atoms with Gasteiger partial charge in [0, 0.05) is 6.54 Å². The van der Waals surface area contributed by atoms with Crippen molar-refractivity contribution in [3.8, 4) is 0 Å². The van der Waals surface area contributed by atoms with Crippen molar-refractivity contribution in [3.05, 3.63) is 35.4 Å². The number of amides is 1. The van der Waals surface area contributed by atoms with E-state index in [9.17, 15) is 14.7 Å². The molecule has 1 N–H and O–H groups in total. The van der Waals surface area contributed by atoms with Crippen LogP contribution >= 0.6 is 0 Å². The minimum atomic E-state index is -1.24. The van der Waals surface area contributed by atoms with E-state index < -0.39 is 17.7 Å². The van der Waals surface area contributed by atoms with Gasteiger partial charge in [0.25, 0.3) is 0 Å². The largest absolute Gasteiger partial charge is 0.545 e. The molecule has 0 bridgehead atoms. The quantitative estimate of drug-likeness (QED) is 0.870. The maximum absolute atomic E-state index is 11.4. The normalized spacial score (nSPS) is 10.8. The molecule has 0 saturated carbocycles. The Labute approximate surface area is 106 Å². The van der Waals surface area contributed by atoms with Gasteiger partial charge in [0.15, 0.2) is 0 Å². The van der Waals surface area contributed by atoms with Crippen LogP contribution in [0.5, 0.6) is 0 Å². The zero-order valence-electron chi connectivity index (χ0n) is 10.6. The average Bonchev–Trinajstić information content (AvgIpc) is 2.24. The monoisotopic (exact) mass is 250 g/mol. The Morgan fingerprint density at radius 3 is 2.56 bits per heavy atom. The summed E-state index contributed by atoms with van der Waals surface area (Å²) in [7, 11) is 0. The van der Waals surface area contributed by atoms with Gasteiger partial charge in [-0.1, -0.05) is 18.2 Å². The molecule has 98 valence electrons. The molecule has 5 heteroatoms. The van der Waals surface area contributed by atoms with Gasteiger partial charge in [-0.15, -0.1) is 0 Å². The molecule has 0 atom stereocenters. The molecule has 1 rings (SSSR count). The van der Waals surface area contributed by atoms with Crippen LogP contribution in [0, 0.1) is 0 Å². The fraction of sp³-hybridized carbons (Fsp3) is 0.385. The van der Waals surface area contributed by atoms with Crippen LogP contribution in [-0.4, -0.2) is 17.7 Å². The molecule has 5 nitrogen and oxygen atoms in total. The average molecular weight is 250 g/mol. The summed E-state index contributed by atoms with van der Waals surface area (Å²) in [5.41, 5.74) is 0.192. The van der Waals surface area contributed by atoms with Gasteiger partial charge in [0.2, 0.25) is 0 Å². The van der Waals surface area contributed by atoms with Crippen LogP contribution in [0.15, 0.2) is 24.3 Å². The van der Waals surface area contributed by atoms with E-state index in [2.05, 4.69) is 5.32 Å². The number of carbonyl (C=O) groups excluding carboxylic acids is 2. The summed E-state index contributed by atoms with van der Waals surface area (Å²) in [6.07, 6.45) is -0.540. The number of carbonyl (C=O) groups is 2. The van der Waals surface area contributed by atoms with Gasteiger partial charge in [-0.25, -0.2) is 4.79 Å². The Morgan fingerprint density at radius 1 is 1.33 bits per heavy atom. The lowest BCUT2D eigenvalue weighted by molar-refractivity contribution is -0.255. The lowest BCUT2D eigenvalue weighted by Crippen LogP contribution is -2.32. The third kappa shape index (κ3) is 4.86. The highest BCUT2D eigenvalue weighted by atomic mass is 16.6. The molecule has 0 heterocycles. The number of carboxylic acid groups (broad SMARTS) is 1. The van der Waals surface area contributed by atoms with Crippen molar-refractivity contribution in [3.63, 3.8) is 0 Å². The van der Waals surface area contributed by atoms with Crippen molar-refractivity contribution < 1.29 is 19.4 Å². The maximum Gasteiger partial charge on any atom is 0.407 e. The fourth-order valence-corrected chi connectivity index (χ4v) is 1.30. The molecular formula is C13H16NO4-. The van der Waals surface area contributed by atoms with E-state index >= 15 is 0 Å². The second kappa shape index (κ2) is 5.53. The summed E-state index contributed by atoms with van der Waals surface area (Å²) >= 11 is 0. The topological polar surface area (TPSA) is 78.5 Å². The van der Waals surface area contributed by atoms with Crippen LogP contribution in [0.2, 0.25) is 0 Å². The van der Waals surface area contributed by atoms with Gasteiger partial charge in [0.05, 0.1) is 5.97 Å². The van der Waals surface area contributed by atoms with Gasteiger partial charge in [-0.2, -0.15) is 0 Å². The Hall–Kier alpha value is -2.04. The molecule has 1 aromatic carbocycles. The van der Waals surface area contributed by atoms with E-state index in [-0.39, 0.29) is 12.1 Å². The highest BCUT2D eigenvalue weighted by Crippen LogP contribution is 2.08. The first-order valence-electron chi connectivity index (χ1n) is 5.55. The molecule has 1 aromatic rings. The number of aromatic carboxylic acids is 1. The van der Waals surface area contributed by atoms with Gasteiger partial charge >= 0.3 is 6.09 Å². The highest BCUT2D eigenvalue weighted by Gasteiger charge is 2.15. The number of ether oxygens (including phenoxy) is 1. The highest BCUT2D eigenvalue weighted by molar-refractivity contribution is 5.85. The molecular weight excluding hydrogens is 234 g/mol. The summed E-state index contributed by atoms with van der Waals surface area (Å²) in [4.78, 5) is 22.0. The number of alkyl carbamates (subject to hydrolysis) is 1. The molecule has 0 unspecified atom stereocenters. The number of hydrogen-bond donors (Lipinski definition) is 1. The Kier molecular flexibility index (Phi) is 4.31. The standard InChI is InChI=1S/C13H17NO4/c1-13(2,3)18-12(17)14-8-9-5-4-6-10(7-9)11(15)16/h4-7H,8H2,1-3H3,(H,14,17)(H,15,16)/p-1. The van der Waals surface area contributed by atoms with E-state index in [4.69, 9.17) is 4.74 Å². The first kappa shape index (κ1) is 14.0. The molecule has 0 radical (unpaired) electrons. The molecule has 0 aliphatic carbocycles. The number of carboxylic acids is 1. The van der Waals surface area contributed by atoms with Crippen LogP contribution in [0.4, 0.5) is 4.79 Å². The summed E-state index contributed by atoms with van der Waals surface area (Å²) in [5, 5.41) is 13.2. The summed E-state index contributed by atoms with van der Waals surface area (Å²) in [5.74, 6) is -1.24. The van der Waals surface area contributed by atoms with E-state index in [0.717, 1.165) is 0 Å². The van der Waals surface area contributed by atoms with Crippen molar-refractivity contribution >= 4 is 12.1 Å². The zero-order chi connectivity index (χ0) is 13.8. The SMILES string of the molecule is CC(C)(C)OC(=O)NCc1cccc(C(=O)[O-])c1. The molecule has 0 saturated heterocycles. The van der Waals surface area contributed by atoms with Gasteiger partial charge in [-0.05, 0) is 38.0 Å². The van der Waals surface area contributed by atoms with Crippen LogP contribution in [-0.2, 0) is 11.3 Å². The maximum atomic E-state index is 11.4. The Morgan fingerprint density at radius 2 is 2.00 bits per heavy atom. The number of nitrogens with one attached hydrogen (secondary N) is 1. The number of benzene rings is 1. The first-order valence-corrected chi connectivity index (χ1v) is 5.55. The number of rotatable bonds is 3. The Balaban J connectivity index is 2.56. The van der Waals surface area contributed by atoms with Crippen molar-refractivity contribution in [2.24, 2.45) is 0 Å². The second-order valence-electron chi connectivity index (χ2n) is 4.84. The minimum Gasteiger partial charge on any atom is -0.545 e. The van der Waals surface area contributed by atoms with Crippen molar-refractivity contribution in [2.45, 2.75) is 32.9 Å². The van der Waals surface area contributed by atoms with E-state index in [1.807, 2.05) is 0 Å². The Bertz CT molecular complexity index is 449.